The van der Waals surface area contributed by atoms with Crippen LogP contribution < -0.4 is 5.32 Å². The zero-order valence-electron chi connectivity index (χ0n) is 10.9. The van der Waals surface area contributed by atoms with E-state index in [2.05, 4.69) is 5.32 Å². The van der Waals surface area contributed by atoms with Gasteiger partial charge in [0.15, 0.2) is 0 Å². The van der Waals surface area contributed by atoms with E-state index in [9.17, 15) is 13.2 Å². The van der Waals surface area contributed by atoms with Gasteiger partial charge in [-0.3, -0.25) is 4.79 Å². The van der Waals surface area contributed by atoms with E-state index in [1.165, 1.54) is 0 Å². The monoisotopic (exact) mass is 274 g/mol. The van der Waals surface area contributed by atoms with Crippen molar-refractivity contribution in [2.24, 2.45) is 5.92 Å². The molecule has 0 spiro atoms. The molecule has 1 saturated carbocycles. The molecule has 0 aromatic rings. The first-order valence-electron chi connectivity index (χ1n) is 6.79. The summed E-state index contributed by atoms with van der Waals surface area (Å²) >= 11 is 0. The van der Waals surface area contributed by atoms with E-state index < -0.39 is 10.0 Å². The van der Waals surface area contributed by atoms with Crippen molar-refractivity contribution in [2.45, 2.75) is 44.3 Å². The van der Waals surface area contributed by atoms with Gasteiger partial charge in [-0.25, -0.2) is 12.7 Å². The van der Waals surface area contributed by atoms with Crippen molar-refractivity contribution in [1.29, 1.82) is 0 Å². The summed E-state index contributed by atoms with van der Waals surface area (Å²) in [6.07, 6.45) is 3.88. The Morgan fingerprint density at radius 1 is 1.22 bits per heavy atom. The van der Waals surface area contributed by atoms with Crippen LogP contribution in [0.15, 0.2) is 0 Å². The molecule has 0 radical (unpaired) electrons. The number of piperidine rings is 1. The Hall–Kier alpha value is -0.620. The molecule has 1 saturated heterocycles. The Morgan fingerprint density at radius 3 is 2.33 bits per heavy atom. The molecule has 2 fully saturated rings. The summed E-state index contributed by atoms with van der Waals surface area (Å²) in [5.41, 5.74) is 0. The van der Waals surface area contributed by atoms with Gasteiger partial charge in [0.05, 0.1) is 5.25 Å². The number of hydrogen-bond acceptors (Lipinski definition) is 3. The lowest BCUT2D eigenvalue weighted by atomic mass is 9.98. The second-order valence-corrected chi connectivity index (χ2v) is 7.46. The largest absolute Gasteiger partial charge is 0.356 e. The fourth-order valence-electron chi connectivity index (χ4n) is 2.33. The Bertz CT molecular complexity index is 396. The second kappa shape index (κ2) is 5.57. The van der Waals surface area contributed by atoms with Gasteiger partial charge in [-0.05, 0) is 31.6 Å². The normalized spacial score (nSPS) is 22.9. The van der Waals surface area contributed by atoms with E-state index in [4.69, 9.17) is 0 Å². The molecule has 5 nitrogen and oxygen atoms in total. The Kier molecular flexibility index (Phi) is 4.27. The Morgan fingerprint density at radius 2 is 1.83 bits per heavy atom. The Balaban J connectivity index is 1.76. The highest BCUT2D eigenvalue weighted by Crippen LogP contribution is 2.32. The lowest BCUT2D eigenvalue weighted by Crippen LogP contribution is -2.42. The van der Waals surface area contributed by atoms with Gasteiger partial charge in [0.1, 0.15) is 0 Å². The van der Waals surface area contributed by atoms with Crippen LogP contribution in [0.3, 0.4) is 0 Å². The van der Waals surface area contributed by atoms with Crippen molar-refractivity contribution in [2.75, 3.05) is 19.6 Å². The highest BCUT2D eigenvalue weighted by molar-refractivity contribution is 7.90. The van der Waals surface area contributed by atoms with Crippen LogP contribution in [0.1, 0.15) is 39.0 Å². The molecule has 0 aromatic carbocycles. The first-order chi connectivity index (χ1) is 8.54. The van der Waals surface area contributed by atoms with Crippen LogP contribution in [0.5, 0.6) is 0 Å². The van der Waals surface area contributed by atoms with Crippen molar-refractivity contribution < 1.29 is 13.2 Å². The number of nitrogens with zero attached hydrogens (tertiary/aromatic N) is 1. The van der Waals surface area contributed by atoms with Crippen LogP contribution in [0.2, 0.25) is 0 Å². The molecule has 1 amide bonds. The van der Waals surface area contributed by atoms with Crippen molar-refractivity contribution in [3.8, 4) is 0 Å². The SMILES string of the molecule is CCC(=O)NCC1CCN(S(=O)(=O)C2CC2)CC1. The zero-order chi connectivity index (χ0) is 13.2. The highest BCUT2D eigenvalue weighted by atomic mass is 32.2. The molecular formula is C12H22N2O3S. The van der Waals surface area contributed by atoms with Crippen LogP contribution in [0, 0.1) is 5.92 Å². The molecular weight excluding hydrogens is 252 g/mol. The van der Waals surface area contributed by atoms with Crippen molar-refractivity contribution in [1.82, 2.24) is 9.62 Å². The molecule has 104 valence electrons. The maximum absolute atomic E-state index is 12.0. The van der Waals surface area contributed by atoms with Crippen LogP contribution in [-0.4, -0.2) is 43.5 Å². The van der Waals surface area contributed by atoms with Crippen molar-refractivity contribution in [3.63, 3.8) is 0 Å². The quantitative estimate of drug-likeness (QED) is 0.803. The number of nitrogens with one attached hydrogen (secondary N) is 1. The third kappa shape index (κ3) is 3.23. The van der Waals surface area contributed by atoms with E-state index in [-0.39, 0.29) is 11.2 Å². The summed E-state index contributed by atoms with van der Waals surface area (Å²) in [5.74, 6) is 0.495. The van der Waals surface area contributed by atoms with Gasteiger partial charge in [-0.15, -0.1) is 0 Å². The molecule has 2 rings (SSSR count). The molecule has 1 N–H and O–H groups in total. The van der Waals surface area contributed by atoms with E-state index in [0.717, 1.165) is 25.7 Å². The number of carbonyl (C=O) groups is 1. The lowest BCUT2D eigenvalue weighted by molar-refractivity contribution is -0.121. The topological polar surface area (TPSA) is 66.5 Å². The van der Waals surface area contributed by atoms with Crippen LogP contribution in [-0.2, 0) is 14.8 Å². The van der Waals surface area contributed by atoms with E-state index in [0.29, 0.717) is 32.0 Å². The number of carbonyl (C=O) groups excluding carboxylic acids is 1. The third-order valence-electron chi connectivity index (χ3n) is 3.79. The molecule has 6 heteroatoms. The number of hydrogen-bond donors (Lipinski definition) is 1. The minimum Gasteiger partial charge on any atom is -0.356 e. The molecule has 0 aromatic heterocycles. The molecule has 0 atom stereocenters. The van der Waals surface area contributed by atoms with E-state index in [1.807, 2.05) is 6.92 Å². The fraction of sp³-hybridized carbons (Fsp3) is 0.917. The minimum absolute atomic E-state index is 0.0723. The van der Waals surface area contributed by atoms with Gasteiger partial charge in [-0.2, -0.15) is 0 Å². The van der Waals surface area contributed by atoms with Gasteiger partial charge in [0, 0.05) is 26.1 Å². The predicted molar refractivity (Wildman–Crippen MR) is 69.5 cm³/mol. The van der Waals surface area contributed by atoms with E-state index >= 15 is 0 Å². The number of rotatable bonds is 5. The summed E-state index contributed by atoms with van der Waals surface area (Å²) in [6.45, 7) is 3.75. The average molecular weight is 274 g/mol. The second-order valence-electron chi connectivity index (χ2n) is 5.24. The van der Waals surface area contributed by atoms with Gasteiger partial charge < -0.3 is 5.32 Å². The maximum Gasteiger partial charge on any atom is 0.219 e. The van der Waals surface area contributed by atoms with Gasteiger partial charge in [-0.1, -0.05) is 6.92 Å². The smallest absolute Gasteiger partial charge is 0.219 e. The summed E-state index contributed by atoms with van der Waals surface area (Å²) in [4.78, 5) is 11.2. The van der Waals surface area contributed by atoms with Crippen LogP contribution >= 0.6 is 0 Å². The highest BCUT2D eigenvalue weighted by Gasteiger charge is 2.41. The summed E-state index contributed by atoms with van der Waals surface area (Å²) in [5, 5.41) is 2.78. The number of sulfonamides is 1. The fourth-order valence-corrected chi connectivity index (χ4v) is 4.20. The van der Waals surface area contributed by atoms with Crippen LogP contribution in [0.25, 0.3) is 0 Å². The molecule has 0 bridgehead atoms. The molecule has 1 aliphatic heterocycles. The number of amides is 1. The van der Waals surface area contributed by atoms with Gasteiger partial charge in [0.25, 0.3) is 0 Å². The molecule has 0 unspecified atom stereocenters. The summed E-state index contributed by atoms with van der Waals surface area (Å²) in [7, 11) is -3.00. The summed E-state index contributed by atoms with van der Waals surface area (Å²) in [6, 6.07) is 0. The first-order valence-corrected chi connectivity index (χ1v) is 8.30. The molecule has 1 heterocycles. The van der Waals surface area contributed by atoms with Crippen molar-refractivity contribution >= 4 is 15.9 Å². The standard InChI is InChI=1S/C12H22N2O3S/c1-2-12(15)13-9-10-5-7-14(8-6-10)18(16,17)11-3-4-11/h10-11H,2-9H2,1H3,(H,13,15). The van der Waals surface area contributed by atoms with Crippen molar-refractivity contribution in [3.05, 3.63) is 0 Å². The zero-order valence-corrected chi connectivity index (χ0v) is 11.7. The van der Waals surface area contributed by atoms with Gasteiger partial charge in [0.2, 0.25) is 15.9 Å². The molecule has 2 aliphatic rings. The predicted octanol–water partition coefficient (Wildman–Crippen LogP) is 0.717. The minimum atomic E-state index is -3.00. The average Bonchev–Trinajstić information content (AvgIpc) is 3.21. The van der Waals surface area contributed by atoms with Crippen LogP contribution in [0.4, 0.5) is 0 Å². The lowest BCUT2D eigenvalue weighted by Gasteiger charge is -2.31. The third-order valence-corrected chi connectivity index (χ3v) is 6.19. The first kappa shape index (κ1) is 13.8. The Labute approximate surface area is 109 Å². The van der Waals surface area contributed by atoms with E-state index in [1.54, 1.807) is 4.31 Å². The molecule has 18 heavy (non-hydrogen) atoms. The molecule has 1 aliphatic carbocycles. The van der Waals surface area contributed by atoms with Gasteiger partial charge >= 0.3 is 0 Å². The maximum atomic E-state index is 12.0. The summed E-state index contributed by atoms with van der Waals surface area (Å²) < 4.78 is 25.7.